The fourth-order valence-electron chi connectivity index (χ4n) is 2.92. The number of benzene rings is 1. The van der Waals surface area contributed by atoms with Gasteiger partial charge in [-0.3, -0.25) is 4.79 Å². The third kappa shape index (κ3) is 5.09. The first-order valence-electron chi connectivity index (χ1n) is 8.86. The van der Waals surface area contributed by atoms with Gasteiger partial charge in [-0.05, 0) is 43.3 Å². The molecule has 2 heterocycles. The molecule has 2 aromatic rings. The van der Waals surface area contributed by atoms with Gasteiger partial charge >= 0.3 is 5.97 Å². The van der Waals surface area contributed by atoms with Crippen molar-refractivity contribution < 1.29 is 22.7 Å². The molecular formula is C19H23NO5S2. The van der Waals surface area contributed by atoms with Crippen molar-refractivity contribution in [2.45, 2.75) is 24.0 Å². The van der Waals surface area contributed by atoms with E-state index in [0.717, 1.165) is 11.3 Å². The molecule has 0 bridgehead atoms. The highest BCUT2D eigenvalue weighted by atomic mass is 32.2. The quantitative estimate of drug-likeness (QED) is 0.519. The number of esters is 1. The Labute approximate surface area is 163 Å². The SMILES string of the molecule is Cc1ccc(OCCOC(=O)C2CCN(S(=O)(=O)c3cccs3)CC2)cc1. The highest BCUT2D eigenvalue weighted by Gasteiger charge is 2.33. The van der Waals surface area contributed by atoms with Crippen molar-refractivity contribution in [1.82, 2.24) is 4.31 Å². The zero-order valence-corrected chi connectivity index (χ0v) is 16.8. The molecule has 1 fully saturated rings. The lowest BCUT2D eigenvalue weighted by atomic mass is 9.98. The number of carbonyl (C=O) groups is 1. The summed E-state index contributed by atoms with van der Waals surface area (Å²) in [6, 6.07) is 11.0. The smallest absolute Gasteiger partial charge is 0.309 e. The summed E-state index contributed by atoms with van der Waals surface area (Å²) in [5.74, 6) is 0.193. The van der Waals surface area contributed by atoms with Crippen molar-refractivity contribution in [2.24, 2.45) is 5.92 Å². The van der Waals surface area contributed by atoms with E-state index >= 15 is 0 Å². The van der Waals surface area contributed by atoms with E-state index in [1.54, 1.807) is 17.5 Å². The van der Waals surface area contributed by atoms with Crippen LogP contribution in [0.4, 0.5) is 0 Å². The Balaban J connectivity index is 1.40. The summed E-state index contributed by atoms with van der Waals surface area (Å²) >= 11 is 1.21. The zero-order valence-electron chi connectivity index (χ0n) is 15.2. The van der Waals surface area contributed by atoms with Gasteiger partial charge < -0.3 is 9.47 Å². The van der Waals surface area contributed by atoms with Gasteiger partial charge in [0, 0.05) is 13.1 Å². The summed E-state index contributed by atoms with van der Waals surface area (Å²) in [4.78, 5) is 12.2. The second-order valence-electron chi connectivity index (χ2n) is 6.44. The largest absolute Gasteiger partial charge is 0.490 e. The number of rotatable bonds is 7. The molecule has 0 atom stereocenters. The third-order valence-electron chi connectivity index (χ3n) is 4.49. The Hall–Kier alpha value is -1.90. The van der Waals surface area contributed by atoms with Crippen molar-refractivity contribution in [2.75, 3.05) is 26.3 Å². The average molecular weight is 410 g/mol. The number of ether oxygens (including phenoxy) is 2. The van der Waals surface area contributed by atoms with Crippen LogP contribution in [0.1, 0.15) is 18.4 Å². The molecule has 0 unspecified atom stereocenters. The number of hydrogen-bond acceptors (Lipinski definition) is 6. The van der Waals surface area contributed by atoms with E-state index in [9.17, 15) is 13.2 Å². The van der Waals surface area contributed by atoms with E-state index in [-0.39, 0.29) is 18.5 Å². The Morgan fingerprint density at radius 3 is 2.48 bits per heavy atom. The fraction of sp³-hybridized carbons (Fsp3) is 0.421. The number of carbonyl (C=O) groups excluding carboxylic acids is 1. The summed E-state index contributed by atoms with van der Waals surface area (Å²) in [6.07, 6.45) is 0.949. The van der Waals surface area contributed by atoms with E-state index in [1.807, 2.05) is 31.2 Å². The molecular weight excluding hydrogens is 386 g/mol. The molecule has 0 aliphatic carbocycles. The van der Waals surface area contributed by atoms with E-state index < -0.39 is 10.0 Å². The van der Waals surface area contributed by atoms with Crippen LogP contribution in [0.15, 0.2) is 46.0 Å². The van der Waals surface area contributed by atoms with Crippen LogP contribution in [0.2, 0.25) is 0 Å². The van der Waals surface area contributed by atoms with Crippen molar-refractivity contribution in [3.8, 4) is 5.75 Å². The Morgan fingerprint density at radius 2 is 1.85 bits per heavy atom. The molecule has 1 aromatic carbocycles. The molecule has 1 saturated heterocycles. The lowest BCUT2D eigenvalue weighted by Gasteiger charge is -2.29. The maximum absolute atomic E-state index is 12.5. The van der Waals surface area contributed by atoms with Crippen LogP contribution in [-0.2, 0) is 19.6 Å². The Morgan fingerprint density at radius 1 is 1.15 bits per heavy atom. The van der Waals surface area contributed by atoms with Crippen LogP contribution in [0, 0.1) is 12.8 Å². The molecule has 0 saturated carbocycles. The molecule has 6 nitrogen and oxygen atoms in total. The molecule has 1 aromatic heterocycles. The summed E-state index contributed by atoms with van der Waals surface area (Å²) in [5, 5.41) is 1.75. The third-order valence-corrected chi connectivity index (χ3v) is 7.77. The highest BCUT2D eigenvalue weighted by molar-refractivity contribution is 7.91. The number of nitrogens with zero attached hydrogens (tertiary/aromatic N) is 1. The van der Waals surface area contributed by atoms with Gasteiger partial charge in [0.25, 0.3) is 10.0 Å². The lowest BCUT2D eigenvalue weighted by Crippen LogP contribution is -2.40. The molecule has 0 amide bonds. The first-order valence-corrected chi connectivity index (χ1v) is 11.2. The second kappa shape index (κ2) is 8.86. The lowest BCUT2D eigenvalue weighted by molar-refractivity contribution is -0.150. The second-order valence-corrected chi connectivity index (χ2v) is 9.55. The number of hydrogen-bond donors (Lipinski definition) is 0. The van der Waals surface area contributed by atoms with Crippen LogP contribution in [0.25, 0.3) is 0 Å². The predicted octanol–water partition coefficient (Wildman–Crippen LogP) is 3.08. The van der Waals surface area contributed by atoms with E-state index in [2.05, 4.69) is 0 Å². The van der Waals surface area contributed by atoms with Crippen LogP contribution < -0.4 is 4.74 Å². The van der Waals surface area contributed by atoms with Gasteiger partial charge in [0.2, 0.25) is 0 Å². The fourth-order valence-corrected chi connectivity index (χ4v) is 5.54. The maximum atomic E-state index is 12.5. The van der Waals surface area contributed by atoms with E-state index in [1.165, 1.54) is 15.6 Å². The van der Waals surface area contributed by atoms with Gasteiger partial charge in [0.15, 0.2) is 0 Å². The number of aryl methyl sites for hydroxylation is 1. The molecule has 1 aliphatic heterocycles. The Kier molecular flexibility index (Phi) is 6.51. The molecule has 146 valence electrons. The Bertz CT molecular complexity index is 839. The maximum Gasteiger partial charge on any atom is 0.309 e. The predicted molar refractivity (Wildman–Crippen MR) is 103 cm³/mol. The molecule has 8 heteroatoms. The minimum absolute atomic E-state index is 0.181. The molecule has 0 spiro atoms. The molecule has 27 heavy (non-hydrogen) atoms. The summed E-state index contributed by atoms with van der Waals surface area (Å²) < 4.78 is 37.6. The summed E-state index contributed by atoms with van der Waals surface area (Å²) in [7, 11) is -3.44. The van der Waals surface area contributed by atoms with Crippen LogP contribution in [0.5, 0.6) is 5.75 Å². The van der Waals surface area contributed by atoms with Gasteiger partial charge in [-0.15, -0.1) is 11.3 Å². The van der Waals surface area contributed by atoms with Gasteiger partial charge in [-0.1, -0.05) is 23.8 Å². The normalized spacial score (nSPS) is 16.2. The van der Waals surface area contributed by atoms with Crippen molar-refractivity contribution in [3.63, 3.8) is 0 Å². The first kappa shape index (κ1) is 19.9. The van der Waals surface area contributed by atoms with Crippen LogP contribution in [0.3, 0.4) is 0 Å². The molecule has 0 N–H and O–H groups in total. The van der Waals surface area contributed by atoms with Gasteiger partial charge in [0.1, 0.15) is 23.2 Å². The van der Waals surface area contributed by atoms with Crippen molar-refractivity contribution in [1.29, 1.82) is 0 Å². The van der Waals surface area contributed by atoms with Crippen molar-refractivity contribution in [3.05, 3.63) is 47.3 Å². The molecule has 1 aliphatic rings. The first-order chi connectivity index (χ1) is 13.0. The minimum atomic E-state index is -3.44. The monoisotopic (exact) mass is 409 g/mol. The standard InChI is InChI=1S/C19H23NO5S2/c1-15-4-6-17(7-5-15)24-12-13-25-19(21)16-8-10-20(11-9-16)27(22,23)18-3-2-14-26-18/h2-7,14,16H,8-13H2,1H3. The minimum Gasteiger partial charge on any atom is -0.490 e. The van der Waals surface area contributed by atoms with Crippen LogP contribution in [-0.4, -0.2) is 45.0 Å². The summed E-state index contributed by atoms with van der Waals surface area (Å²) in [6.45, 7) is 3.14. The van der Waals surface area contributed by atoms with Gasteiger partial charge in [-0.25, -0.2) is 8.42 Å². The molecule has 0 radical (unpaired) electrons. The van der Waals surface area contributed by atoms with Crippen LogP contribution >= 0.6 is 11.3 Å². The highest BCUT2D eigenvalue weighted by Crippen LogP contribution is 2.26. The molecule has 3 rings (SSSR count). The average Bonchev–Trinajstić information content (AvgIpc) is 3.22. The topological polar surface area (TPSA) is 72.9 Å². The number of sulfonamides is 1. The number of thiophene rings is 1. The summed E-state index contributed by atoms with van der Waals surface area (Å²) in [5.41, 5.74) is 1.15. The van der Waals surface area contributed by atoms with E-state index in [0.29, 0.717) is 36.7 Å². The van der Waals surface area contributed by atoms with E-state index in [4.69, 9.17) is 9.47 Å². The zero-order chi connectivity index (χ0) is 19.3. The van der Waals surface area contributed by atoms with Crippen molar-refractivity contribution >= 4 is 27.3 Å². The number of piperidine rings is 1. The van der Waals surface area contributed by atoms with Gasteiger partial charge in [-0.2, -0.15) is 4.31 Å². The van der Waals surface area contributed by atoms with Gasteiger partial charge in [0.05, 0.1) is 5.92 Å².